The molecule has 3 heteroatoms. The number of nitrogens with zero attached hydrogens (tertiary/aromatic N) is 1. The molecule has 2 nitrogen and oxygen atoms in total. The van der Waals surface area contributed by atoms with Crippen molar-refractivity contribution >= 4 is 81.3 Å². The third-order valence-corrected chi connectivity index (χ3v) is 10.8. The van der Waals surface area contributed by atoms with Crippen molar-refractivity contribution in [2.75, 3.05) is 4.90 Å². The first kappa shape index (κ1) is 27.9. The predicted molar refractivity (Wildman–Crippen MR) is 210 cm³/mol. The summed E-state index contributed by atoms with van der Waals surface area (Å²) in [6, 6.07) is 63.3. The van der Waals surface area contributed by atoms with Crippen LogP contribution in [-0.2, 0) is 0 Å². The lowest BCUT2D eigenvalue weighted by Gasteiger charge is -2.28. The molecule has 230 valence electrons. The molecule has 0 fully saturated rings. The predicted octanol–water partition coefficient (Wildman–Crippen LogP) is 13.9. The van der Waals surface area contributed by atoms with Crippen molar-refractivity contribution in [3.63, 3.8) is 0 Å². The van der Waals surface area contributed by atoms with Crippen LogP contribution in [-0.4, -0.2) is 0 Å². The average molecular weight is 644 g/mol. The van der Waals surface area contributed by atoms with Gasteiger partial charge < -0.3 is 9.32 Å². The highest BCUT2D eigenvalue weighted by atomic mass is 32.1. The average Bonchev–Trinajstić information content (AvgIpc) is 3.74. The number of fused-ring (bicyclic) bond motifs is 7. The van der Waals surface area contributed by atoms with E-state index in [-0.39, 0.29) is 0 Å². The highest BCUT2D eigenvalue weighted by Crippen LogP contribution is 2.46. The van der Waals surface area contributed by atoms with Crippen LogP contribution in [0.3, 0.4) is 0 Å². The molecule has 0 unspecified atom stereocenters. The molecule has 0 aliphatic carbocycles. The number of para-hydroxylation sites is 3. The number of furan rings is 1. The molecule has 10 aromatic rings. The molecule has 10 rings (SSSR count). The largest absolute Gasteiger partial charge is 0.454 e. The third-order valence-electron chi connectivity index (χ3n) is 9.67. The van der Waals surface area contributed by atoms with E-state index in [1.165, 1.54) is 47.6 Å². The van der Waals surface area contributed by atoms with Crippen LogP contribution >= 0.6 is 11.3 Å². The first-order valence-electron chi connectivity index (χ1n) is 16.6. The number of thiophene rings is 1. The number of benzene rings is 8. The minimum absolute atomic E-state index is 0.872. The minimum atomic E-state index is 0.872. The molecule has 49 heavy (non-hydrogen) atoms. The zero-order valence-corrected chi connectivity index (χ0v) is 27.3. The van der Waals surface area contributed by atoms with Gasteiger partial charge in [0.1, 0.15) is 5.58 Å². The van der Waals surface area contributed by atoms with Gasteiger partial charge in [-0.1, -0.05) is 121 Å². The number of hydrogen-bond acceptors (Lipinski definition) is 3. The summed E-state index contributed by atoms with van der Waals surface area (Å²) in [4.78, 5) is 2.36. The van der Waals surface area contributed by atoms with Crippen LogP contribution in [0.5, 0.6) is 0 Å². The van der Waals surface area contributed by atoms with E-state index in [4.69, 9.17) is 4.42 Å². The fraction of sp³-hybridized carbons (Fsp3) is 0. The lowest BCUT2D eigenvalue weighted by Crippen LogP contribution is -2.11. The second-order valence-electron chi connectivity index (χ2n) is 12.5. The fourth-order valence-corrected chi connectivity index (χ4v) is 8.38. The van der Waals surface area contributed by atoms with Crippen LogP contribution in [0.25, 0.3) is 75.1 Å². The molecule has 0 radical (unpaired) electrons. The Morgan fingerprint density at radius 1 is 0.408 bits per heavy atom. The van der Waals surface area contributed by atoms with E-state index in [2.05, 4.69) is 175 Å². The van der Waals surface area contributed by atoms with Gasteiger partial charge in [-0.3, -0.25) is 0 Å². The smallest absolute Gasteiger partial charge is 0.159 e. The van der Waals surface area contributed by atoms with Gasteiger partial charge in [-0.25, -0.2) is 0 Å². The molecular formula is C46H29NOS. The molecule has 0 spiro atoms. The van der Waals surface area contributed by atoms with Crippen LogP contribution in [0.15, 0.2) is 180 Å². The Morgan fingerprint density at radius 3 is 2.00 bits per heavy atom. The number of hydrogen-bond donors (Lipinski definition) is 0. The minimum Gasteiger partial charge on any atom is -0.454 e. The van der Waals surface area contributed by atoms with Crippen LogP contribution in [0.1, 0.15) is 0 Å². The SMILES string of the molecule is c1ccc(N(c2ccc(-c3ccc4ccccc4c3)cc2)c2cccc3c2oc2ccccc23)c(-c2ccc3sc4ccccc4c3c2)c1. The Bertz CT molecular complexity index is 2840. The van der Waals surface area contributed by atoms with Crippen LogP contribution in [0, 0.1) is 0 Å². The molecule has 8 aromatic carbocycles. The van der Waals surface area contributed by atoms with Crippen molar-refractivity contribution in [3.8, 4) is 22.3 Å². The van der Waals surface area contributed by atoms with Gasteiger partial charge in [-0.15, -0.1) is 11.3 Å². The van der Waals surface area contributed by atoms with Gasteiger partial charge in [0.2, 0.25) is 0 Å². The Kier molecular flexibility index (Phi) is 6.39. The lowest BCUT2D eigenvalue weighted by molar-refractivity contribution is 0.669. The van der Waals surface area contributed by atoms with Crippen LogP contribution in [0.2, 0.25) is 0 Å². The second-order valence-corrected chi connectivity index (χ2v) is 13.6. The van der Waals surface area contributed by atoms with Crippen molar-refractivity contribution < 1.29 is 4.42 Å². The molecule has 0 amide bonds. The zero-order chi connectivity index (χ0) is 32.3. The van der Waals surface area contributed by atoms with E-state index < -0.39 is 0 Å². The summed E-state index contributed by atoms with van der Waals surface area (Å²) in [6.07, 6.45) is 0. The van der Waals surface area contributed by atoms with E-state index in [1.54, 1.807) is 0 Å². The molecule has 2 heterocycles. The normalized spacial score (nSPS) is 11.7. The molecule has 0 N–H and O–H groups in total. The number of anilines is 3. The lowest BCUT2D eigenvalue weighted by atomic mass is 9.98. The van der Waals surface area contributed by atoms with Gasteiger partial charge >= 0.3 is 0 Å². The summed E-state index contributed by atoms with van der Waals surface area (Å²) < 4.78 is 9.26. The first-order valence-corrected chi connectivity index (χ1v) is 17.4. The van der Waals surface area contributed by atoms with E-state index in [1.807, 2.05) is 17.4 Å². The number of rotatable bonds is 5. The second kappa shape index (κ2) is 11.2. The summed E-state index contributed by atoms with van der Waals surface area (Å²) in [6.45, 7) is 0. The molecule has 0 saturated heterocycles. The Hall–Kier alpha value is -6.16. The topological polar surface area (TPSA) is 16.4 Å². The van der Waals surface area contributed by atoms with E-state index in [0.29, 0.717) is 0 Å². The van der Waals surface area contributed by atoms with E-state index in [0.717, 1.165) is 44.6 Å². The summed E-state index contributed by atoms with van der Waals surface area (Å²) in [5, 5.41) is 7.31. The van der Waals surface area contributed by atoms with Gasteiger partial charge in [0.15, 0.2) is 5.58 Å². The first-order chi connectivity index (χ1) is 24.3. The maximum atomic E-state index is 6.64. The molecule has 0 bridgehead atoms. The van der Waals surface area contributed by atoms with Crippen LogP contribution < -0.4 is 4.90 Å². The van der Waals surface area contributed by atoms with Gasteiger partial charge in [-0.2, -0.15) is 0 Å². The molecule has 0 aliphatic rings. The summed E-state index contributed by atoms with van der Waals surface area (Å²) in [5.41, 5.74) is 9.64. The van der Waals surface area contributed by atoms with E-state index in [9.17, 15) is 0 Å². The van der Waals surface area contributed by atoms with Crippen molar-refractivity contribution in [2.24, 2.45) is 0 Å². The summed E-state index contributed by atoms with van der Waals surface area (Å²) in [7, 11) is 0. The molecule has 0 aliphatic heterocycles. The quantitative estimate of drug-likeness (QED) is 0.186. The standard InChI is InChI=1S/C46H29NOS/c1-2-11-32-28-33(21-20-30(32)10-1)31-22-25-35(26-23-31)47(42-17-9-15-39-37-13-4-7-18-43(37)48-46(39)42)41-16-6-3-12-36(41)34-24-27-45-40(29-34)38-14-5-8-19-44(38)49-45/h1-29H. The monoisotopic (exact) mass is 643 g/mol. The van der Waals surface area contributed by atoms with Gasteiger partial charge in [-0.05, 0) is 82.1 Å². The summed E-state index contributed by atoms with van der Waals surface area (Å²) >= 11 is 1.85. The molecular weight excluding hydrogens is 615 g/mol. The fourth-order valence-electron chi connectivity index (χ4n) is 7.29. The highest BCUT2D eigenvalue weighted by Gasteiger charge is 2.22. The molecule has 2 aromatic heterocycles. The van der Waals surface area contributed by atoms with Gasteiger partial charge in [0.05, 0.1) is 11.4 Å². The Labute approximate surface area is 287 Å². The van der Waals surface area contributed by atoms with Gasteiger partial charge in [0.25, 0.3) is 0 Å². The Morgan fingerprint density at radius 2 is 1.08 bits per heavy atom. The zero-order valence-electron chi connectivity index (χ0n) is 26.5. The van der Waals surface area contributed by atoms with Crippen molar-refractivity contribution in [1.82, 2.24) is 0 Å². The Balaban J connectivity index is 1.18. The van der Waals surface area contributed by atoms with Crippen LogP contribution in [0.4, 0.5) is 17.1 Å². The maximum absolute atomic E-state index is 6.64. The van der Waals surface area contributed by atoms with E-state index >= 15 is 0 Å². The van der Waals surface area contributed by atoms with Crippen molar-refractivity contribution in [2.45, 2.75) is 0 Å². The highest BCUT2D eigenvalue weighted by molar-refractivity contribution is 7.25. The molecule has 0 saturated carbocycles. The summed E-state index contributed by atoms with van der Waals surface area (Å²) in [5.74, 6) is 0. The maximum Gasteiger partial charge on any atom is 0.159 e. The third kappa shape index (κ3) is 4.62. The van der Waals surface area contributed by atoms with Gasteiger partial charge in [0, 0.05) is 42.2 Å². The molecule has 0 atom stereocenters. The van der Waals surface area contributed by atoms with Crippen molar-refractivity contribution in [1.29, 1.82) is 0 Å². The van der Waals surface area contributed by atoms with Crippen molar-refractivity contribution in [3.05, 3.63) is 176 Å².